The van der Waals surface area contributed by atoms with Crippen molar-refractivity contribution in [2.75, 3.05) is 19.6 Å². The van der Waals surface area contributed by atoms with Crippen molar-refractivity contribution in [3.63, 3.8) is 0 Å². The van der Waals surface area contributed by atoms with Gasteiger partial charge in [0.15, 0.2) is 0 Å². The summed E-state index contributed by atoms with van der Waals surface area (Å²) in [5.74, 6) is 0.822. The summed E-state index contributed by atoms with van der Waals surface area (Å²) >= 11 is 0. The fourth-order valence-electron chi connectivity index (χ4n) is 3.62. The van der Waals surface area contributed by atoms with Gasteiger partial charge in [-0.05, 0) is 44.0 Å². The molecule has 1 N–H and O–H groups in total. The summed E-state index contributed by atoms with van der Waals surface area (Å²) in [7, 11) is 0. The van der Waals surface area contributed by atoms with Crippen LogP contribution in [-0.2, 0) is 6.54 Å². The first-order chi connectivity index (χ1) is 10.4. The molecule has 0 aliphatic carbocycles. The monoisotopic (exact) mass is 283 g/mol. The number of benzene rings is 1. The first-order valence-corrected chi connectivity index (χ1v) is 7.81. The minimum Gasteiger partial charge on any atom is -0.315 e. The zero-order valence-corrected chi connectivity index (χ0v) is 12.2. The van der Waals surface area contributed by atoms with Gasteiger partial charge >= 0.3 is 0 Å². The first-order valence-electron chi connectivity index (χ1n) is 7.81. The Morgan fingerprint density at radius 3 is 3.00 bits per heavy atom. The van der Waals surface area contributed by atoms with Crippen LogP contribution in [0.2, 0.25) is 0 Å². The lowest BCUT2D eigenvalue weighted by Crippen LogP contribution is -2.44. The smallest absolute Gasteiger partial charge is 0.0971 e. The largest absolute Gasteiger partial charge is 0.315 e. The van der Waals surface area contributed by atoms with Crippen LogP contribution in [0.3, 0.4) is 0 Å². The molecule has 0 spiro atoms. The quantitative estimate of drug-likeness (QED) is 0.926. The Kier molecular flexibility index (Phi) is 3.45. The van der Waals surface area contributed by atoms with Gasteiger partial charge < -0.3 is 5.32 Å². The molecule has 1 aromatic heterocycles. The summed E-state index contributed by atoms with van der Waals surface area (Å²) in [6.45, 7) is 4.39. The van der Waals surface area contributed by atoms with Gasteiger partial charge in [0.1, 0.15) is 0 Å². The van der Waals surface area contributed by atoms with Crippen LogP contribution in [0.5, 0.6) is 0 Å². The van der Waals surface area contributed by atoms with Gasteiger partial charge in [0.05, 0.1) is 17.6 Å². The van der Waals surface area contributed by atoms with Gasteiger partial charge in [-0.1, -0.05) is 18.2 Å². The van der Waals surface area contributed by atoms with Gasteiger partial charge in [-0.15, -0.1) is 0 Å². The normalized spacial score (nSPS) is 25.9. The lowest BCUT2D eigenvalue weighted by molar-refractivity contribution is 0.116. The van der Waals surface area contributed by atoms with E-state index in [1.807, 2.05) is 36.5 Å². The molecule has 2 atom stereocenters. The van der Waals surface area contributed by atoms with Gasteiger partial charge in [-0.25, -0.2) is 0 Å². The molecule has 0 saturated carbocycles. The third kappa shape index (κ3) is 2.59. The van der Waals surface area contributed by atoms with Crippen molar-refractivity contribution in [1.29, 1.82) is 0 Å². The maximum absolute atomic E-state index is 4.63. The average molecular weight is 283 g/mol. The van der Waals surface area contributed by atoms with E-state index >= 15 is 0 Å². The van der Waals surface area contributed by atoms with Crippen LogP contribution >= 0.6 is 0 Å². The second kappa shape index (κ2) is 5.58. The van der Waals surface area contributed by atoms with Crippen LogP contribution in [0.15, 0.2) is 36.5 Å². The van der Waals surface area contributed by atoms with Gasteiger partial charge in [-0.3, -0.25) is 4.90 Å². The molecule has 0 amide bonds. The number of aromatic nitrogens is 3. The molecule has 2 saturated heterocycles. The van der Waals surface area contributed by atoms with Gasteiger partial charge in [0.2, 0.25) is 0 Å². The molecule has 2 fully saturated rings. The van der Waals surface area contributed by atoms with Gasteiger partial charge in [-0.2, -0.15) is 15.0 Å². The molecule has 0 radical (unpaired) electrons. The summed E-state index contributed by atoms with van der Waals surface area (Å²) in [5, 5.41) is 12.6. The standard InChI is InChI=1S/C16H21N5/c1-2-6-15(7-3-1)21-18-10-14(19-21)12-20-8-4-5-13-9-17-11-16(13)20/h1-3,6-7,10,13,16-17H,4-5,8-9,11-12H2. The predicted octanol–water partition coefficient (Wildman–Crippen LogP) is 1.45. The predicted molar refractivity (Wildman–Crippen MR) is 81.2 cm³/mol. The van der Waals surface area contributed by atoms with Crippen LogP contribution in [0.1, 0.15) is 18.5 Å². The number of piperidine rings is 1. The minimum absolute atomic E-state index is 0.681. The number of hydrogen-bond acceptors (Lipinski definition) is 4. The molecule has 2 aliphatic heterocycles. The van der Waals surface area contributed by atoms with Crippen LogP contribution in [0, 0.1) is 5.92 Å². The van der Waals surface area contributed by atoms with E-state index in [-0.39, 0.29) is 0 Å². The van der Waals surface area contributed by atoms with E-state index in [0.717, 1.165) is 30.4 Å². The van der Waals surface area contributed by atoms with Crippen LogP contribution in [0.25, 0.3) is 5.69 Å². The summed E-state index contributed by atoms with van der Waals surface area (Å²) in [6.07, 6.45) is 4.57. The fourth-order valence-corrected chi connectivity index (χ4v) is 3.62. The lowest BCUT2D eigenvalue weighted by Gasteiger charge is -2.36. The fraction of sp³-hybridized carbons (Fsp3) is 0.500. The number of para-hydroxylation sites is 1. The van der Waals surface area contributed by atoms with Crippen LogP contribution in [-0.4, -0.2) is 45.6 Å². The summed E-state index contributed by atoms with van der Waals surface area (Å²) in [5.41, 5.74) is 2.08. The Labute approximate surface area is 125 Å². The molecule has 21 heavy (non-hydrogen) atoms. The number of fused-ring (bicyclic) bond motifs is 1. The SMILES string of the molecule is c1ccc(-n2ncc(CN3CCCC4CNCC43)n2)cc1. The number of nitrogens with zero attached hydrogens (tertiary/aromatic N) is 4. The zero-order valence-electron chi connectivity index (χ0n) is 12.2. The van der Waals surface area contributed by atoms with Crippen molar-refractivity contribution in [3.8, 4) is 5.69 Å². The molecule has 0 bridgehead atoms. The first kappa shape index (κ1) is 13.0. The molecule has 1 aromatic carbocycles. The van der Waals surface area contributed by atoms with E-state index < -0.39 is 0 Å². The summed E-state index contributed by atoms with van der Waals surface area (Å²) < 4.78 is 0. The van der Waals surface area contributed by atoms with E-state index in [1.165, 1.54) is 25.9 Å². The highest BCUT2D eigenvalue weighted by atomic mass is 15.5. The Hall–Kier alpha value is -1.72. The van der Waals surface area contributed by atoms with Crippen molar-refractivity contribution in [3.05, 3.63) is 42.2 Å². The lowest BCUT2D eigenvalue weighted by atomic mass is 9.92. The molecule has 4 rings (SSSR count). The summed E-state index contributed by atoms with van der Waals surface area (Å²) in [4.78, 5) is 4.30. The Balaban J connectivity index is 1.49. The highest BCUT2D eigenvalue weighted by Gasteiger charge is 2.34. The molecule has 3 heterocycles. The summed E-state index contributed by atoms with van der Waals surface area (Å²) in [6, 6.07) is 10.8. The molecule has 5 heteroatoms. The topological polar surface area (TPSA) is 46.0 Å². The molecule has 2 aromatic rings. The third-order valence-corrected chi connectivity index (χ3v) is 4.68. The van der Waals surface area contributed by atoms with E-state index in [2.05, 4.69) is 20.4 Å². The van der Waals surface area contributed by atoms with Crippen molar-refractivity contribution in [1.82, 2.24) is 25.2 Å². The van der Waals surface area contributed by atoms with Crippen LogP contribution in [0.4, 0.5) is 0 Å². The second-order valence-corrected chi connectivity index (χ2v) is 6.06. The number of likely N-dealkylation sites (tertiary alicyclic amines) is 1. The number of rotatable bonds is 3. The number of hydrogen-bond donors (Lipinski definition) is 1. The van der Waals surface area contributed by atoms with Crippen molar-refractivity contribution >= 4 is 0 Å². The van der Waals surface area contributed by atoms with Gasteiger partial charge in [0.25, 0.3) is 0 Å². The maximum Gasteiger partial charge on any atom is 0.0971 e. The van der Waals surface area contributed by atoms with Crippen molar-refractivity contribution in [2.24, 2.45) is 5.92 Å². The number of nitrogens with one attached hydrogen (secondary N) is 1. The van der Waals surface area contributed by atoms with Gasteiger partial charge in [0, 0.05) is 19.1 Å². The molecular weight excluding hydrogens is 262 g/mol. The Morgan fingerprint density at radius 2 is 2.10 bits per heavy atom. The van der Waals surface area contributed by atoms with Crippen molar-refractivity contribution in [2.45, 2.75) is 25.4 Å². The highest BCUT2D eigenvalue weighted by Crippen LogP contribution is 2.27. The highest BCUT2D eigenvalue weighted by molar-refractivity contribution is 5.28. The molecule has 2 aliphatic rings. The van der Waals surface area contributed by atoms with Crippen molar-refractivity contribution < 1.29 is 0 Å². The molecular formula is C16H21N5. The van der Waals surface area contributed by atoms with Crippen LogP contribution < -0.4 is 5.32 Å². The minimum atomic E-state index is 0.681. The second-order valence-electron chi connectivity index (χ2n) is 6.06. The zero-order chi connectivity index (χ0) is 14.1. The van der Waals surface area contributed by atoms with E-state index in [9.17, 15) is 0 Å². The molecule has 2 unspecified atom stereocenters. The Bertz CT molecular complexity index is 594. The molecule has 5 nitrogen and oxygen atoms in total. The average Bonchev–Trinajstić information content (AvgIpc) is 3.17. The maximum atomic E-state index is 4.63. The third-order valence-electron chi connectivity index (χ3n) is 4.68. The van der Waals surface area contributed by atoms with E-state index in [4.69, 9.17) is 0 Å². The Morgan fingerprint density at radius 1 is 1.19 bits per heavy atom. The van der Waals surface area contributed by atoms with E-state index in [0.29, 0.717) is 6.04 Å². The van der Waals surface area contributed by atoms with E-state index in [1.54, 1.807) is 4.80 Å². The molecule has 110 valence electrons.